The smallest absolute Gasteiger partial charge is 0.336 e. The number of hydrogen-bond donors (Lipinski definition) is 2. The first-order chi connectivity index (χ1) is 6.59. The Balaban J connectivity index is 2.80. The summed E-state index contributed by atoms with van der Waals surface area (Å²) < 4.78 is 0.836. The minimum atomic E-state index is -0.933. The molecule has 72 valence electrons. The Morgan fingerprint density at radius 3 is 2.79 bits per heavy atom. The summed E-state index contributed by atoms with van der Waals surface area (Å²) in [5.41, 5.74) is 1.000. The molecule has 0 aliphatic carbocycles. The Morgan fingerprint density at radius 1 is 1.43 bits per heavy atom. The molecule has 2 aromatic rings. The van der Waals surface area contributed by atoms with Crippen molar-refractivity contribution in [1.82, 2.24) is 0 Å². The van der Waals surface area contributed by atoms with Gasteiger partial charge in [-0.05, 0) is 30.0 Å². The van der Waals surface area contributed by atoms with Crippen LogP contribution in [0.5, 0.6) is 5.06 Å². The van der Waals surface area contributed by atoms with Crippen molar-refractivity contribution in [3.8, 4) is 5.06 Å². The van der Waals surface area contributed by atoms with Crippen molar-refractivity contribution in [3.05, 3.63) is 29.3 Å². The summed E-state index contributed by atoms with van der Waals surface area (Å²) in [5, 5.41) is 19.3. The van der Waals surface area contributed by atoms with Crippen LogP contribution < -0.4 is 0 Å². The van der Waals surface area contributed by atoms with E-state index in [2.05, 4.69) is 0 Å². The van der Waals surface area contributed by atoms with Gasteiger partial charge in [-0.3, -0.25) is 0 Å². The lowest BCUT2D eigenvalue weighted by atomic mass is 10.1. The number of rotatable bonds is 1. The summed E-state index contributed by atoms with van der Waals surface area (Å²) in [6.07, 6.45) is 0. The molecule has 0 atom stereocenters. The zero-order valence-electron chi connectivity index (χ0n) is 7.44. The summed E-state index contributed by atoms with van der Waals surface area (Å²) in [4.78, 5) is 10.8. The highest BCUT2D eigenvalue weighted by Gasteiger charge is 2.11. The molecular weight excluding hydrogens is 200 g/mol. The summed E-state index contributed by atoms with van der Waals surface area (Å²) in [6, 6.07) is 4.91. The van der Waals surface area contributed by atoms with Gasteiger partial charge in [0.25, 0.3) is 0 Å². The first-order valence-corrected chi connectivity index (χ1v) is 4.86. The van der Waals surface area contributed by atoms with Gasteiger partial charge < -0.3 is 10.2 Å². The van der Waals surface area contributed by atoms with E-state index >= 15 is 0 Å². The van der Waals surface area contributed by atoms with Crippen LogP contribution in [0.4, 0.5) is 0 Å². The number of aryl methyl sites for hydroxylation is 1. The number of carboxylic acids is 1. The standard InChI is InChI=1S/C10H8O3S/c1-5-7(10(12)13)3-2-6-4-8(11)14-9(5)6/h2-4,11H,1H3,(H,12,13). The molecule has 2 rings (SSSR count). The first-order valence-electron chi connectivity index (χ1n) is 4.05. The Bertz CT molecular complexity index is 513. The summed E-state index contributed by atoms with van der Waals surface area (Å²) in [6.45, 7) is 1.75. The number of carbonyl (C=O) groups is 1. The summed E-state index contributed by atoms with van der Waals surface area (Å²) >= 11 is 1.20. The molecular formula is C10H8O3S. The molecule has 0 aliphatic heterocycles. The second-order valence-electron chi connectivity index (χ2n) is 3.05. The van der Waals surface area contributed by atoms with Crippen LogP contribution in [0.1, 0.15) is 15.9 Å². The summed E-state index contributed by atoms with van der Waals surface area (Å²) in [7, 11) is 0. The second kappa shape index (κ2) is 2.99. The van der Waals surface area contributed by atoms with E-state index in [-0.39, 0.29) is 5.06 Å². The van der Waals surface area contributed by atoms with E-state index in [1.165, 1.54) is 11.3 Å². The largest absolute Gasteiger partial charge is 0.499 e. The maximum absolute atomic E-state index is 10.8. The molecule has 0 saturated heterocycles. The number of aromatic hydroxyl groups is 1. The van der Waals surface area contributed by atoms with Crippen molar-refractivity contribution in [3.63, 3.8) is 0 Å². The van der Waals surface area contributed by atoms with Crippen LogP contribution in [0, 0.1) is 6.92 Å². The van der Waals surface area contributed by atoms with E-state index in [1.54, 1.807) is 25.1 Å². The van der Waals surface area contributed by atoms with E-state index in [4.69, 9.17) is 5.11 Å². The van der Waals surface area contributed by atoms with E-state index in [1.807, 2.05) is 0 Å². The van der Waals surface area contributed by atoms with E-state index in [9.17, 15) is 9.90 Å². The number of fused-ring (bicyclic) bond motifs is 1. The Hall–Kier alpha value is -1.55. The SMILES string of the molecule is Cc1c(C(=O)O)ccc2cc(O)sc12. The molecule has 4 heteroatoms. The van der Waals surface area contributed by atoms with Crippen LogP contribution in [0.3, 0.4) is 0 Å². The predicted molar refractivity (Wildman–Crippen MR) is 55.2 cm³/mol. The van der Waals surface area contributed by atoms with Crippen LogP contribution >= 0.6 is 11.3 Å². The van der Waals surface area contributed by atoms with E-state index in [0.717, 1.165) is 10.1 Å². The van der Waals surface area contributed by atoms with Crippen molar-refractivity contribution in [2.24, 2.45) is 0 Å². The van der Waals surface area contributed by atoms with Gasteiger partial charge in [0.05, 0.1) is 5.56 Å². The zero-order chi connectivity index (χ0) is 10.3. The fourth-order valence-corrected chi connectivity index (χ4v) is 2.36. The molecule has 0 saturated carbocycles. The van der Waals surface area contributed by atoms with Crippen LogP contribution in [0.2, 0.25) is 0 Å². The van der Waals surface area contributed by atoms with Gasteiger partial charge in [0.15, 0.2) is 5.06 Å². The lowest BCUT2D eigenvalue weighted by Gasteiger charge is -2.00. The van der Waals surface area contributed by atoms with Gasteiger partial charge in [-0.2, -0.15) is 0 Å². The van der Waals surface area contributed by atoms with Crippen molar-refractivity contribution in [2.75, 3.05) is 0 Å². The lowest BCUT2D eigenvalue weighted by Crippen LogP contribution is -1.98. The van der Waals surface area contributed by atoms with Crippen LogP contribution in [0.25, 0.3) is 10.1 Å². The maximum atomic E-state index is 10.8. The van der Waals surface area contributed by atoms with Gasteiger partial charge in [0, 0.05) is 4.70 Å². The zero-order valence-corrected chi connectivity index (χ0v) is 8.26. The van der Waals surface area contributed by atoms with Crippen molar-refractivity contribution < 1.29 is 15.0 Å². The highest BCUT2D eigenvalue weighted by Crippen LogP contribution is 2.34. The number of benzene rings is 1. The third-order valence-corrected chi connectivity index (χ3v) is 3.23. The van der Waals surface area contributed by atoms with Gasteiger partial charge in [-0.15, -0.1) is 0 Å². The van der Waals surface area contributed by atoms with Crippen LogP contribution in [-0.4, -0.2) is 16.2 Å². The fraction of sp³-hybridized carbons (Fsp3) is 0.100. The normalized spacial score (nSPS) is 10.6. The lowest BCUT2D eigenvalue weighted by molar-refractivity contribution is 0.0696. The number of carboxylic acid groups (broad SMARTS) is 1. The molecule has 1 aromatic carbocycles. The molecule has 0 unspecified atom stereocenters. The molecule has 0 spiro atoms. The molecule has 1 heterocycles. The van der Waals surface area contributed by atoms with Gasteiger partial charge in [0.2, 0.25) is 0 Å². The van der Waals surface area contributed by atoms with Gasteiger partial charge >= 0.3 is 5.97 Å². The molecule has 0 radical (unpaired) electrons. The Kier molecular flexibility index (Phi) is 1.93. The molecule has 0 fully saturated rings. The Labute approximate surface area is 84.2 Å². The number of hydrogen-bond acceptors (Lipinski definition) is 3. The van der Waals surface area contributed by atoms with Gasteiger partial charge in [0.1, 0.15) is 0 Å². The monoisotopic (exact) mass is 208 g/mol. The van der Waals surface area contributed by atoms with Crippen molar-refractivity contribution >= 4 is 27.4 Å². The Morgan fingerprint density at radius 2 is 2.14 bits per heavy atom. The van der Waals surface area contributed by atoms with E-state index in [0.29, 0.717) is 11.1 Å². The third kappa shape index (κ3) is 1.24. The minimum Gasteiger partial charge on any atom is -0.499 e. The second-order valence-corrected chi connectivity index (χ2v) is 4.08. The van der Waals surface area contributed by atoms with Crippen molar-refractivity contribution in [2.45, 2.75) is 6.92 Å². The van der Waals surface area contributed by atoms with E-state index < -0.39 is 5.97 Å². The molecule has 14 heavy (non-hydrogen) atoms. The quantitative estimate of drug-likeness (QED) is 0.757. The molecule has 0 bridgehead atoms. The first kappa shape index (κ1) is 9.02. The van der Waals surface area contributed by atoms with Crippen LogP contribution in [0.15, 0.2) is 18.2 Å². The van der Waals surface area contributed by atoms with Crippen LogP contribution in [-0.2, 0) is 0 Å². The predicted octanol–water partition coefficient (Wildman–Crippen LogP) is 2.61. The number of thiophene rings is 1. The summed E-state index contributed by atoms with van der Waals surface area (Å²) in [5.74, 6) is -0.933. The van der Waals surface area contributed by atoms with Crippen molar-refractivity contribution in [1.29, 1.82) is 0 Å². The third-order valence-electron chi connectivity index (χ3n) is 2.15. The number of aromatic carboxylic acids is 1. The average Bonchev–Trinajstić information content (AvgIpc) is 2.46. The maximum Gasteiger partial charge on any atom is 0.336 e. The molecule has 1 aromatic heterocycles. The molecule has 2 N–H and O–H groups in total. The minimum absolute atomic E-state index is 0.214. The molecule has 0 amide bonds. The topological polar surface area (TPSA) is 57.5 Å². The van der Waals surface area contributed by atoms with Gasteiger partial charge in [-0.25, -0.2) is 4.79 Å². The highest BCUT2D eigenvalue weighted by molar-refractivity contribution is 7.20. The van der Waals surface area contributed by atoms with Gasteiger partial charge in [-0.1, -0.05) is 17.4 Å². The average molecular weight is 208 g/mol. The molecule has 3 nitrogen and oxygen atoms in total. The highest BCUT2D eigenvalue weighted by atomic mass is 32.1. The molecule has 0 aliphatic rings. The fourth-order valence-electron chi connectivity index (χ4n) is 1.46.